The first-order valence-electron chi connectivity index (χ1n) is 4.39. The number of halogens is 1. The molecule has 0 saturated heterocycles. The number of hydrogen-bond donors (Lipinski definition) is 4. The zero-order chi connectivity index (χ0) is 13.2. The van der Waals surface area contributed by atoms with Gasteiger partial charge in [-0.25, -0.2) is 19.4 Å². The number of benzene rings is 1. The van der Waals surface area contributed by atoms with Crippen molar-refractivity contribution in [1.82, 2.24) is 5.43 Å². The Hall–Kier alpha value is -1.16. The lowest BCUT2D eigenvalue weighted by Gasteiger charge is -2.13. The van der Waals surface area contributed by atoms with Gasteiger partial charge in [0, 0.05) is 10.0 Å². The molecule has 0 spiro atoms. The molecule has 0 radical (unpaired) electrons. The summed E-state index contributed by atoms with van der Waals surface area (Å²) in [6.45, 7) is 1.69. The van der Waals surface area contributed by atoms with Crippen molar-refractivity contribution in [3.8, 4) is 0 Å². The average Bonchev–Trinajstić information content (AvgIpc) is 2.23. The molecule has 0 aliphatic rings. The molecule has 1 aromatic rings. The number of hydrazone groups is 1. The number of sulfonamides is 1. The third-order valence-electron chi connectivity index (χ3n) is 2.11. The van der Waals surface area contributed by atoms with Gasteiger partial charge in [0.2, 0.25) is 10.0 Å². The van der Waals surface area contributed by atoms with Crippen LogP contribution in [0.4, 0.5) is 0 Å². The van der Waals surface area contributed by atoms with Crippen LogP contribution in [0.2, 0.25) is 0 Å². The van der Waals surface area contributed by atoms with Crippen LogP contribution in [0.3, 0.4) is 0 Å². The maximum Gasteiger partial charge on any atom is 0.239 e. The van der Waals surface area contributed by atoms with E-state index in [0.717, 1.165) is 0 Å². The van der Waals surface area contributed by atoms with E-state index in [1.165, 1.54) is 0 Å². The molecule has 0 unspecified atom stereocenters. The van der Waals surface area contributed by atoms with Crippen molar-refractivity contribution in [3.05, 3.63) is 27.7 Å². The van der Waals surface area contributed by atoms with Crippen molar-refractivity contribution in [2.75, 3.05) is 0 Å². The van der Waals surface area contributed by atoms with Gasteiger partial charge in [0.1, 0.15) is 4.90 Å². The number of nitrogens with zero attached hydrogens (tertiary/aromatic N) is 1. The SMILES string of the molecule is Cc1ccc(Br)c(S(N)(=O)=O)c1C(=NN)NN. The predicted molar refractivity (Wildman–Crippen MR) is 68.3 cm³/mol. The standard InChI is InChI=1S/C8H12BrN5O2S/c1-4-2-3-5(9)7(17(12,15)16)6(4)8(13-10)14-11/h2-3H,10-11H2,1H3,(H,13,14)(H2,12,15,16). The van der Waals surface area contributed by atoms with Gasteiger partial charge in [-0.15, -0.1) is 0 Å². The highest BCUT2D eigenvalue weighted by molar-refractivity contribution is 9.10. The molecule has 0 aliphatic carbocycles. The monoisotopic (exact) mass is 321 g/mol. The fourth-order valence-electron chi connectivity index (χ4n) is 1.40. The van der Waals surface area contributed by atoms with Gasteiger partial charge in [0.15, 0.2) is 5.84 Å². The summed E-state index contributed by atoms with van der Waals surface area (Å²) in [5.74, 6) is 10.4. The summed E-state index contributed by atoms with van der Waals surface area (Å²) < 4.78 is 23.4. The molecule has 7 N–H and O–H groups in total. The van der Waals surface area contributed by atoms with Crippen LogP contribution < -0.4 is 22.3 Å². The van der Waals surface area contributed by atoms with E-state index in [-0.39, 0.29) is 16.3 Å². The first-order valence-corrected chi connectivity index (χ1v) is 6.73. The first-order chi connectivity index (χ1) is 7.82. The second-order valence-corrected chi connectivity index (χ2v) is 5.59. The van der Waals surface area contributed by atoms with Crippen LogP contribution >= 0.6 is 15.9 Å². The van der Waals surface area contributed by atoms with Crippen LogP contribution in [0.5, 0.6) is 0 Å². The van der Waals surface area contributed by atoms with E-state index in [2.05, 4.69) is 26.5 Å². The highest BCUT2D eigenvalue weighted by Gasteiger charge is 2.23. The minimum atomic E-state index is -3.93. The van der Waals surface area contributed by atoms with Crippen molar-refractivity contribution in [2.24, 2.45) is 21.9 Å². The summed E-state index contributed by atoms with van der Waals surface area (Å²) in [4.78, 5) is -0.111. The van der Waals surface area contributed by atoms with E-state index >= 15 is 0 Å². The average molecular weight is 322 g/mol. The fourth-order valence-corrected chi connectivity index (χ4v) is 3.29. The number of hydrazine groups is 1. The fraction of sp³-hybridized carbons (Fsp3) is 0.125. The Morgan fingerprint density at radius 3 is 2.47 bits per heavy atom. The summed E-state index contributed by atoms with van der Waals surface area (Å²) in [6.07, 6.45) is 0. The summed E-state index contributed by atoms with van der Waals surface area (Å²) >= 11 is 3.12. The Labute approximate surface area is 107 Å². The smallest absolute Gasteiger partial charge is 0.239 e. The van der Waals surface area contributed by atoms with E-state index < -0.39 is 10.0 Å². The van der Waals surface area contributed by atoms with Crippen LogP contribution in [-0.2, 0) is 10.0 Å². The van der Waals surface area contributed by atoms with Gasteiger partial charge in [0.05, 0.1) is 0 Å². The van der Waals surface area contributed by atoms with Crippen LogP contribution in [0.25, 0.3) is 0 Å². The van der Waals surface area contributed by atoms with Crippen molar-refractivity contribution in [1.29, 1.82) is 0 Å². The number of aryl methyl sites for hydroxylation is 1. The molecule has 7 nitrogen and oxygen atoms in total. The molecule has 0 heterocycles. The maximum atomic E-state index is 11.5. The lowest BCUT2D eigenvalue weighted by molar-refractivity contribution is 0.597. The molecule has 0 aromatic heterocycles. The molecular formula is C8H12BrN5O2S. The Morgan fingerprint density at radius 2 is 2.06 bits per heavy atom. The molecule has 1 rings (SSSR count). The third kappa shape index (κ3) is 2.75. The zero-order valence-electron chi connectivity index (χ0n) is 8.94. The van der Waals surface area contributed by atoms with Crippen LogP contribution in [0.15, 0.2) is 26.6 Å². The first kappa shape index (κ1) is 13.9. The zero-order valence-corrected chi connectivity index (χ0v) is 11.3. The van der Waals surface area contributed by atoms with Gasteiger partial charge in [-0.1, -0.05) is 6.07 Å². The minimum Gasteiger partial charge on any atom is -0.321 e. The summed E-state index contributed by atoms with van der Waals surface area (Å²) in [5.41, 5.74) is 3.10. The van der Waals surface area contributed by atoms with Crippen LogP contribution in [0.1, 0.15) is 11.1 Å². The number of rotatable bonds is 2. The molecule has 0 aliphatic heterocycles. The minimum absolute atomic E-state index is 0.0350. The Morgan fingerprint density at radius 1 is 1.47 bits per heavy atom. The number of hydrogen-bond acceptors (Lipinski definition) is 5. The van der Waals surface area contributed by atoms with Gasteiger partial charge >= 0.3 is 0 Å². The maximum absolute atomic E-state index is 11.5. The molecule has 0 fully saturated rings. The third-order valence-corrected chi connectivity index (χ3v) is 4.02. The number of primary sulfonamides is 1. The molecule has 94 valence electrons. The highest BCUT2D eigenvalue weighted by atomic mass is 79.9. The lowest BCUT2D eigenvalue weighted by Crippen LogP contribution is -2.34. The van der Waals surface area contributed by atoms with Gasteiger partial charge < -0.3 is 11.3 Å². The van der Waals surface area contributed by atoms with Crippen LogP contribution in [0, 0.1) is 6.92 Å². The number of nitrogens with one attached hydrogen (secondary N) is 1. The summed E-state index contributed by atoms with van der Waals surface area (Å²) in [6, 6.07) is 3.26. The van der Waals surface area contributed by atoms with Gasteiger partial charge in [0.25, 0.3) is 0 Å². The van der Waals surface area contributed by atoms with E-state index in [1.807, 2.05) is 0 Å². The van der Waals surface area contributed by atoms with E-state index in [9.17, 15) is 8.42 Å². The molecule has 0 atom stereocenters. The molecule has 0 saturated carbocycles. The van der Waals surface area contributed by atoms with Crippen molar-refractivity contribution in [3.63, 3.8) is 0 Å². The van der Waals surface area contributed by atoms with E-state index in [4.69, 9.17) is 16.8 Å². The largest absolute Gasteiger partial charge is 0.321 e. The predicted octanol–water partition coefficient (Wildman–Crippen LogP) is -0.511. The lowest BCUT2D eigenvalue weighted by atomic mass is 10.1. The number of amidine groups is 1. The number of nitrogens with two attached hydrogens (primary N) is 3. The highest BCUT2D eigenvalue weighted by Crippen LogP contribution is 2.27. The Bertz CT molecular complexity index is 570. The second kappa shape index (κ2) is 5.00. The Balaban J connectivity index is 3.75. The summed E-state index contributed by atoms with van der Waals surface area (Å²) in [5, 5.41) is 8.54. The topological polar surface area (TPSA) is 137 Å². The molecule has 1 aromatic carbocycles. The Kier molecular flexibility index (Phi) is 4.09. The normalized spacial score (nSPS) is 12.6. The van der Waals surface area contributed by atoms with Gasteiger partial charge in [-0.2, -0.15) is 5.10 Å². The molecule has 9 heteroatoms. The van der Waals surface area contributed by atoms with Crippen molar-refractivity contribution in [2.45, 2.75) is 11.8 Å². The molecular weight excluding hydrogens is 310 g/mol. The quantitative estimate of drug-likeness (QED) is 0.251. The van der Waals surface area contributed by atoms with Gasteiger partial charge in [-0.3, -0.25) is 0 Å². The second-order valence-electron chi connectivity index (χ2n) is 3.24. The van der Waals surface area contributed by atoms with Crippen LogP contribution in [-0.4, -0.2) is 14.3 Å². The molecule has 0 bridgehead atoms. The van der Waals surface area contributed by atoms with Crippen molar-refractivity contribution >= 4 is 31.8 Å². The summed E-state index contributed by atoms with van der Waals surface area (Å²) in [7, 11) is -3.93. The van der Waals surface area contributed by atoms with Crippen molar-refractivity contribution < 1.29 is 8.42 Å². The molecule has 17 heavy (non-hydrogen) atoms. The van der Waals surface area contributed by atoms with E-state index in [0.29, 0.717) is 10.0 Å². The van der Waals surface area contributed by atoms with E-state index in [1.54, 1.807) is 19.1 Å². The molecule has 0 amide bonds. The van der Waals surface area contributed by atoms with Gasteiger partial charge in [-0.05, 0) is 34.5 Å².